The van der Waals surface area contributed by atoms with Crippen LogP contribution in [0.4, 0.5) is 4.39 Å². The van der Waals surface area contributed by atoms with E-state index < -0.39 is 68.6 Å². The van der Waals surface area contributed by atoms with Gasteiger partial charge in [0.15, 0.2) is 21.3 Å². The third-order valence-corrected chi connectivity index (χ3v) is 9.10. The van der Waals surface area contributed by atoms with Crippen LogP contribution in [0.15, 0.2) is 29.8 Å². The molecule has 2 aliphatic heterocycles. The van der Waals surface area contributed by atoms with Gasteiger partial charge in [0.1, 0.15) is 0 Å². The van der Waals surface area contributed by atoms with Gasteiger partial charge in [-0.25, -0.2) is 4.39 Å². The smallest absolute Gasteiger partial charge is 0.254 e. The predicted octanol–water partition coefficient (Wildman–Crippen LogP) is 2.53. The monoisotopic (exact) mass is 544 g/mol. The number of halogens is 4. The van der Waals surface area contributed by atoms with Gasteiger partial charge in [0.2, 0.25) is 11.8 Å². The van der Waals surface area contributed by atoms with Crippen molar-refractivity contribution in [2.45, 2.75) is 28.5 Å². The lowest BCUT2D eigenvalue weighted by Crippen LogP contribution is -2.60. The number of hydrogen-bond acceptors (Lipinski definition) is 5. The first kappa shape index (κ1) is 21.9. The van der Waals surface area contributed by atoms with Gasteiger partial charge in [-0.05, 0) is 24.8 Å². The van der Waals surface area contributed by atoms with Crippen LogP contribution in [0.5, 0.6) is 5.75 Å². The number of phenols is 1. The van der Waals surface area contributed by atoms with Crippen molar-refractivity contribution in [1.29, 1.82) is 0 Å². The zero-order valence-electron chi connectivity index (χ0n) is 16.3. The summed E-state index contributed by atoms with van der Waals surface area (Å²) in [7, 11) is 0. The number of para-hydroxylation sites is 1. The van der Waals surface area contributed by atoms with Crippen molar-refractivity contribution >= 4 is 62.8 Å². The number of imide groups is 2. The van der Waals surface area contributed by atoms with Gasteiger partial charge in [0.25, 0.3) is 11.8 Å². The maximum atomic E-state index is 14.3. The summed E-state index contributed by atoms with van der Waals surface area (Å²) in [6.07, 6.45) is 1.74. The number of carbonyl (C=O) groups excluding carboxylic acids is 4. The lowest BCUT2D eigenvalue weighted by Gasteiger charge is -2.50. The van der Waals surface area contributed by atoms with Gasteiger partial charge in [-0.1, -0.05) is 39.7 Å². The molecular weight excluding hydrogens is 530 g/mol. The first-order valence-electron chi connectivity index (χ1n) is 9.90. The number of hydrogen-bond donors (Lipinski definition) is 2. The van der Waals surface area contributed by atoms with Gasteiger partial charge in [-0.3, -0.25) is 29.4 Å². The predicted molar refractivity (Wildman–Crippen MR) is 115 cm³/mol. The van der Waals surface area contributed by atoms with Crippen molar-refractivity contribution in [1.82, 2.24) is 10.2 Å². The number of benzene rings is 1. The fourth-order valence-electron chi connectivity index (χ4n) is 5.77. The lowest BCUT2D eigenvalue weighted by molar-refractivity contribution is -0.138. The molecule has 5 rings (SSSR count). The standard InChI is InChI=1S/C21H16BrCl2FN2O5/c22-7-27-18(31)20(23)6-11-8(4-5-9-13(11)17(30)26-16(9)29)14(21(20,24)19(27)32)10-2-1-3-12(25)15(10)28/h1-4,9,11,13-14,28H,5-7H2,(H,26,29,30)/t9-,11+,13-,14+,20+,21-/m0/s1. The number of amides is 4. The maximum absolute atomic E-state index is 14.3. The summed E-state index contributed by atoms with van der Waals surface area (Å²) in [5, 5.41) is 12.9. The molecule has 2 saturated heterocycles. The first-order chi connectivity index (χ1) is 15.1. The average Bonchev–Trinajstić information content (AvgIpc) is 3.12. The first-order valence-corrected chi connectivity index (χ1v) is 11.8. The highest BCUT2D eigenvalue weighted by atomic mass is 79.9. The third kappa shape index (κ3) is 2.47. The second-order valence-corrected chi connectivity index (χ2v) is 10.3. The number of likely N-dealkylation sites (tertiary alicyclic amines) is 1. The molecule has 3 fully saturated rings. The number of rotatable bonds is 2. The zero-order chi connectivity index (χ0) is 23.2. The van der Waals surface area contributed by atoms with Crippen LogP contribution in [0.2, 0.25) is 0 Å². The quantitative estimate of drug-likeness (QED) is 0.257. The molecule has 0 unspecified atom stereocenters. The van der Waals surface area contributed by atoms with Crippen LogP contribution in [0.3, 0.4) is 0 Å². The minimum atomic E-state index is -2.07. The Morgan fingerprint density at radius 1 is 1.16 bits per heavy atom. The van der Waals surface area contributed by atoms with Crippen LogP contribution in [0.25, 0.3) is 0 Å². The highest BCUT2D eigenvalue weighted by Gasteiger charge is 2.76. The Labute approximate surface area is 200 Å². The minimum absolute atomic E-state index is 0.0123. The SMILES string of the molecule is O=C1NC(=O)[C@H]2CC=C3[C@@H](C[C@@]4(Cl)C(=O)N(CBr)C(=O)[C@@]4(Cl)[C@H]3c3cccc(F)c3O)[C@@H]12. The zero-order valence-corrected chi connectivity index (χ0v) is 19.4. The van der Waals surface area contributed by atoms with E-state index in [1.165, 1.54) is 12.1 Å². The average molecular weight is 546 g/mol. The van der Waals surface area contributed by atoms with Crippen LogP contribution >= 0.6 is 39.1 Å². The molecular formula is C21H16BrCl2FN2O5. The van der Waals surface area contributed by atoms with E-state index in [9.17, 15) is 28.7 Å². The minimum Gasteiger partial charge on any atom is -0.505 e. The molecule has 11 heteroatoms. The van der Waals surface area contributed by atoms with Gasteiger partial charge in [-0.15, -0.1) is 23.2 Å². The number of alkyl halides is 3. The molecule has 1 saturated carbocycles. The Bertz CT molecular complexity index is 1150. The fraction of sp³-hybridized carbons (Fsp3) is 0.429. The molecule has 0 aromatic heterocycles. The summed E-state index contributed by atoms with van der Waals surface area (Å²) >= 11 is 17.0. The van der Waals surface area contributed by atoms with E-state index in [1.54, 1.807) is 6.08 Å². The van der Waals surface area contributed by atoms with Crippen LogP contribution < -0.4 is 5.32 Å². The van der Waals surface area contributed by atoms with E-state index in [4.69, 9.17) is 23.2 Å². The molecule has 2 aliphatic carbocycles. The molecule has 0 spiro atoms. The Hall–Kier alpha value is -1.97. The number of phenolic OH excluding ortho intramolecular Hbond substituents is 1. The topological polar surface area (TPSA) is 104 Å². The molecule has 32 heavy (non-hydrogen) atoms. The van der Waals surface area contributed by atoms with Crippen LogP contribution in [0.1, 0.15) is 24.3 Å². The third-order valence-electron chi connectivity index (χ3n) is 7.19. The summed E-state index contributed by atoms with van der Waals surface area (Å²) in [6.45, 7) is 0. The maximum Gasteiger partial charge on any atom is 0.254 e. The second kappa shape index (κ2) is 7.01. The number of fused-ring (bicyclic) bond motifs is 4. The van der Waals surface area contributed by atoms with Crippen molar-refractivity contribution in [3.63, 3.8) is 0 Å². The van der Waals surface area contributed by atoms with Crippen LogP contribution in [-0.4, -0.2) is 48.8 Å². The number of aromatic hydroxyl groups is 1. The van der Waals surface area contributed by atoms with Crippen molar-refractivity contribution in [2.75, 3.05) is 5.45 Å². The number of carbonyl (C=O) groups is 4. The number of nitrogens with zero attached hydrogens (tertiary/aromatic N) is 1. The van der Waals surface area contributed by atoms with Gasteiger partial charge >= 0.3 is 0 Å². The molecule has 6 atom stereocenters. The molecule has 0 bridgehead atoms. The van der Waals surface area contributed by atoms with Gasteiger partial charge < -0.3 is 5.11 Å². The van der Waals surface area contributed by atoms with E-state index in [0.717, 1.165) is 11.0 Å². The Balaban J connectivity index is 1.79. The summed E-state index contributed by atoms with van der Waals surface area (Å²) in [6, 6.07) is 3.81. The summed E-state index contributed by atoms with van der Waals surface area (Å²) in [4.78, 5) is 48.5. The van der Waals surface area contributed by atoms with Crippen molar-refractivity contribution < 1.29 is 28.7 Å². The van der Waals surface area contributed by atoms with E-state index in [-0.39, 0.29) is 23.9 Å². The van der Waals surface area contributed by atoms with Gasteiger partial charge in [0, 0.05) is 11.5 Å². The fourth-order valence-corrected chi connectivity index (χ4v) is 7.19. The highest BCUT2D eigenvalue weighted by molar-refractivity contribution is 9.09. The lowest BCUT2D eigenvalue weighted by atomic mass is 9.56. The Morgan fingerprint density at radius 2 is 1.88 bits per heavy atom. The molecule has 4 amide bonds. The Kier molecular flexibility index (Phi) is 4.79. The summed E-state index contributed by atoms with van der Waals surface area (Å²) in [5.41, 5.74) is 0.312. The molecule has 2 N–H and O–H groups in total. The largest absolute Gasteiger partial charge is 0.505 e. The van der Waals surface area contributed by atoms with E-state index in [1.807, 2.05) is 0 Å². The summed E-state index contributed by atoms with van der Waals surface area (Å²) < 4.78 is 14.3. The second-order valence-electron chi connectivity index (χ2n) is 8.52. The summed E-state index contributed by atoms with van der Waals surface area (Å²) in [5.74, 6) is -7.42. The number of nitrogens with one attached hydrogen (secondary N) is 1. The normalized spacial score (nSPS) is 38.2. The molecule has 1 aromatic rings. The molecule has 1 aromatic carbocycles. The molecule has 7 nitrogen and oxygen atoms in total. The van der Waals surface area contributed by atoms with E-state index in [2.05, 4.69) is 21.2 Å². The molecule has 168 valence electrons. The van der Waals surface area contributed by atoms with Crippen molar-refractivity contribution in [2.24, 2.45) is 17.8 Å². The van der Waals surface area contributed by atoms with Crippen LogP contribution in [0, 0.1) is 23.6 Å². The van der Waals surface area contributed by atoms with Gasteiger partial charge in [-0.2, -0.15) is 0 Å². The van der Waals surface area contributed by atoms with Gasteiger partial charge in [0.05, 0.1) is 17.3 Å². The van der Waals surface area contributed by atoms with E-state index >= 15 is 0 Å². The van der Waals surface area contributed by atoms with Crippen LogP contribution in [-0.2, 0) is 19.2 Å². The molecule has 0 radical (unpaired) electrons. The van der Waals surface area contributed by atoms with E-state index in [0.29, 0.717) is 5.57 Å². The Morgan fingerprint density at radius 3 is 2.56 bits per heavy atom. The highest BCUT2D eigenvalue weighted by Crippen LogP contribution is 2.65. The molecule has 4 aliphatic rings. The number of allylic oxidation sites excluding steroid dienone is 2. The molecule has 2 heterocycles. The van der Waals surface area contributed by atoms with Crippen molar-refractivity contribution in [3.8, 4) is 5.75 Å². The van der Waals surface area contributed by atoms with Crippen molar-refractivity contribution in [3.05, 3.63) is 41.2 Å².